The SMILES string of the molecule is CC(C)(C)c1nc(N2CCN(CCCCC(=O)N3CCCC(=O)c4ccccc43)CC2)cc(C(F)(F)F)n1. The van der Waals surface area contributed by atoms with Gasteiger partial charge in [-0.25, -0.2) is 9.97 Å². The fourth-order valence-corrected chi connectivity index (χ4v) is 4.88. The van der Waals surface area contributed by atoms with Crippen molar-refractivity contribution >= 4 is 23.2 Å². The van der Waals surface area contributed by atoms with Gasteiger partial charge in [0.05, 0.1) is 5.69 Å². The monoisotopic (exact) mass is 531 g/mol. The van der Waals surface area contributed by atoms with E-state index < -0.39 is 17.3 Å². The molecular formula is C28H36F3N5O2. The van der Waals surface area contributed by atoms with E-state index in [-0.39, 0.29) is 17.5 Å². The average Bonchev–Trinajstić information content (AvgIpc) is 3.04. The summed E-state index contributed by atoms with van der Waals surface area (Å²) in [6.07, 6.45) is -1.41. The highest BCUT2D eigenvalue weighted by atomic mass is 19.4. The number of Topliss-reactive ketones (excluding diaryl/α,β-unsaturated/α-hetero) is 1. The highest BCUT2D eigenvalue weighted by Crippen LogP contribution is 2.32. The molecule has 0 radical (unpaired) electrons. The zero-order chi connectivity index (χ0) is 27.5. The van der Waals surface area contributed by atoms with Crippen LogP contribution in [0, 0.1) is 0 Å². The van der Waals surface area contributed by atoms with Crippen molar-refractivity contribution in [2.24, 2.45) is 0 Å². The van der Waals surface area contributed by atoms with Crippen LogP contribution in [0.25, 0.3) is 0 Å². The Bertz CT molecular complexity index is 1120. The maximum atomic E-state index is 13.5. The molecule has 10 heteroatoms. The van der Waals surface area contributed by atoms with Gasteiger partial charge < -0.3 is 9.80 Å². The van der Waals surface area contributed by atoms with Crippen molar-refractivity contribution in [1.29, 1.82) is 0 Å². The molecule has 1 fully saturated rings. The van der Waals surface area contributed by atoms with Crippen molar-refractivity contribution in [2.45, 2.75) is 64.5 Å². The molecule has 0 saturated carbocycles. The van der Waals surface area contributed by atoms with Crippen LogP contribution in [-0.4, -0.2) is 65.8 Å². The number of carbonyl (C=O) groups excluding carboxylic acids is 2. The highest BCUT2D eigenvalue weighted by Gasteiger charge is 2.36. The molecule has 1 aromatic heterocycles. The van der Waals surface area contributed by atoms with Crippen LogP contribution in [0.4, 0.5) is 24.7 Å². The summed E-state index contributed by atoms with van der Waals surface area (Å²) in [6, 6.07) is 8.36. The summed E-state index contributed by atoms with van der Waals surface area (Å²) in [7, 11) is 0. The van der Waals surface area contributed by atoms with Crippen LogP contribution >= 0.6 is 0 Å². The van der Waals surface area contributed by atoms with E-state index in [1.807, 2.05) is 23.1 Å². The molecule has 2 aromatic rings. The quantitative estimate of drug-likeness (QED) is 0.484. The predicted molar refractivity (Wildman–Crippen MR) is 141 cm³/mol. The molecule has 0 spiro atoms. The minimum atomic E-state index is -4.53. The summed E-state index contributed by atoms with van der Waals surface area (Å²) in [6.45, 7) is 9.38. The number of para-hydroxylation sites is 1. The maximum absolute atomic E-state index is 13.5. The molecule has 1 saturated heterocycles. The van der Waals surface area contributed by atoms with Crippen LogP contribution in [0.5, 0.6) is 0 Å². The Morgan fingerprint density at radius 3 is 2.37 bits per heavy atom. The van der Waals surface area contributed by atoms with Crippen LogP contribution in [-0.2, 0) is 16.4 Å². The standard InChI is InChI=1S/C28H36F3N5O2/c1-27(2,3)26-32-23(28(29,30)31)19-24(33-26)35-17-15-34(16-18-35)13-7-6-12-25(38)36-14-8-11-22(37)20-9-4-5-10-21(20)36/h4-5,9-10,19H,6-8,11-18H2,1-3H3. The van der Waals surface area contributed by atoms with E-state index in [2.05, 4.69) is 14.9 Å². The first-order valence-corrected chi connectivity index (χ1v) is 13.3. The minimum Gasteiger partial charge on any atom is -0.354 e. The van der Waals surface area contributed by atoms with Gasteiger partial charge in [-0.3, -0.25) is 14.5 Å². The molecule has 38 heavy (non-hydrogen) atoms. The van der Waals surface area contributed by atoms with Gasteiger partial charge in [0.2, 0.25) is 5.91 Å². The first-order chi connectivity index (χ1) is 17.9. The third-order valence-electron chi connectivity index (χ3n) is 7.07. The van der Waals surface area contributed by atoms with Gasteiger partial charge in [0, 0.05) is 62.6 Å². The zero-order valence-electron chi connectivity index (χ0n) is 22.4. The summed E-state index contributed by atoms with van der Waals surface area (Å²) in [5, 5.41) is 0. The Balaban J connectivity index is 1.27. The van der Waals surface area contributed by atoms with Crippen molar-refractivity contribution < 1.29 is 22.8 Å². The second kappa shape index (κ2) is 11.4. The number of rotatable bonds is 6. The lowest BCUT2D eigenvalue weighted by molar-refractivity contribution is -0.141. The molecule has 0 bridgehead atoms. The Morgan fingerprint density at radius 1 is 0.974 bits per heavy atom. The third kappa shape index (κ3) is 6.70. The molecule has 0 N–H and O–H groups in total. The number of anilines is 2. The number of benzene rings is 1. The van der Waals surface area contributed by atoms with Crippen LogP contribution in [0.2, 0.25) is 0 Å². The summed E-state index contributed by atoms with van der Waals surface area (Å²) in [5.41, 5.74) is -0.169. The van der Waals surface area contributed by atoms with Crippen molar-refractivity contribution in [3.05, 3.63) is 47.4 Å². The lowest BCUT2D eigenvalue weighted by atomic mass is 9.95. The number of halogens is 3. The average molecular weight is 532 g/mol. The van der Waals surface area contributed by atoms with Crippen molar-refractivity contribution in [2.75, 3.05) is 49.1 Å². The molecule has 0 atom stereocenters. The number of nitrogens with zero attached hydrogens (tertiary/aromatic N) is 5. The fourth-order valence-electron chi connectivity index (χ4n) is 4.88. The van der Waals surface area contributed by atoms with Gasteiger partial charge in [-0.05, 0) is 37.9 Å². The molecular weight excluding hydrogens is 495 g/mol. The molecule has 7 nitrogen and oxygen atoms in total. The maximum Gasteiger partial charge on any atom is 0.433 e. The molecule has 3 heterocycles. The number of aromatic nitrogens is 2. The summed E-state index contributed by atoms with van der Waals surface area (Å²) in [4.78, 5) is 39.5. The molecule has 2 aliphatic heterocycles. The molecule has 4 rings (SSSR count). The van der Waals surface area contributed by atoms with Crippen LogP contribution in [0.3, 0.4) is 0 Å². The Morgan fingerprint density at radius 2 is 1.68 bits per heavy atom. The van der Waals surface area contributed by atoms with Crippen molar-refractivity contribution in [1.82, 2.24) is 14.9 Å². The fraction of sp³-hybridized carbons (Fsp3) is 0.571. The van der Waals surface area contributed by atoms with Gasteiger partial charge >= 0.3 is 6.18 Å². The number of hydrogen-bond acceptors (Lipinski definition) is 6. The predicted octanol–water partition coefficient (Wildman–Crippen LogP) is 5.09. The van der Waals surface area contributed by atoms with Crippen molar-refractivity contribution in [3.63, 3.8) is 0 Å². The van der Waals surface area contributed by atoms with E-state index in [4.69, 9.17) is 0 Å². The number of amides is 1. The van der Waals surface area contributed by atoms with E-state index in [9.17, 15) is 22.8 Å². The Labute approximate surface area is 222 Å². The summed E-state index contributed by atoms with van der Waals surface area (Å²) < 4.78 is 40.4. The number of unbranched alkanes of at least 4 members (excludes halogenated alkanes) is 1. The molecule has 2 aliphatic rings. The van der Waals surface area contributed by atoms with Gasteiger partial charge in [-0.15, -0.1) is 0 Å². The number of alkyl halides is 3. The zero-order valence-corrected chi connectivity index (χ0v) is 22.4. The van der Waals surface area contributed by atoms with Gasteiger partial charge in [-0.1, -0.05) is 32.9 Å². The van der Waals surface area contributed by atoms with Gasteiger partial charge in [0.15, 0.2) is 5.78 Å². The van der Waals surface area contributed by atoms with E-state index in [0.29, 0.717) is 69.1 Å². The third-order valence-corrected chi connectivity index (χ3v) is 7.07. The van der Waals surface area contributed by atoms with Crippen molar-refractivity contribution in [3.8, 4) is 0 Å². The topological polar surface area (TPSA) is 69.6 Å². The van der Waals surface area contributed by atoms with Crippen LogP contribution in [0.15, 0.2) is 30.3 Å². The van der Waals surface area contributed by atoms with Crippen LogP contribution in [0.1, 0.15) is 74.8 Å². The smallest absolute Gasteiger partial charge is 0.354 e. The second-order valence-corrected chi connectivity index (χ2v) is 11.1. The number of hydrogen-bond donors (Lipinski definition) is 0. The number of fused-ring (bicyclic) bond motifs is 1. The Hall–Kier alpha value is -3.01. The van der Waals surface area contributed by atoms with E-state index in [1.165, 1.54) is 0 Å². The first-order valence-electron chi connectivity index (χ1n) is 13.3. The molecule has 206 valence electrons. The summed E-state index contributed by atoms with van der Waals surface area (Å²) in [5.74, 6) is 0.627. The van der Waals surface area contributed by atoms with Crippen LogP contribution < -0.4 is 9.80 Å². The largest absolute Gasteiger partial charge is 0.433 e. The molecule has 1 aromatic carbocycles. The van der Waals surface area contributed by atoms with Gasteiger partial charge in [0.1, 0.15) is 17.3 Å². The summed E-state index contributed by atoms with van der Waals surface area (Å²) >= 11 is 0. The van der Waals surface area contributed by atoms with Gasteiger partial charge in [0.25, 0.3) is 0 Å². The lowest BCUT2D eigenvalue weighted by Gasteiger charge is -2.36. The number of carbonyl (C=O) groups is 2. The number of piperazine rings is 1. The number of ketones is 1. The van der Waals surface area contributed by atoms with E-state index in [0.717, 1.165) is 25.5 Å². The van der Waals surface area contributed by atoms with Gasteiger partial charge in [-0.2, -0.15) is 13.2 Å². The first kappa shape index (κ1) is 28.0. The minimum absolute atomic E-state index is 0.0378. The molecule has 0 aliphatic carbocycles. The lowest BCUT2D eigenvalue weighted by Crippen LogP contribution is -2.47. The second-order valence-electron chi connectivity index (χ2n) is 11.1. The highest BCUT2D eigenvalue weighted by molar-refractivity contribution is 6.06. The van der Waals surface area contributed by atoms with E-state index >= 15 is 0 Å². The molecule has 1 amide bonds. The Kier molecular flexibility index (Phi) is 8.40. The molecule has 0 unspecified atom stereocenters. The normalized spacial score (nSPS) is 17.4. The van der Waals surface area contributed by atoms with E-state index in [1.54, 1.807) is 31.7 Å².